The zero-order chi connectivity index (χ0) is 21.6. The van der Waals surface area contributed by atoms with Crippen molar-refractivity contribution in [3.05, 3.63) is 48.3 Å². The highest BCUT2D eigenvalue weighted by atomic mass is 16.5. The minimum absolute atomic E-state index is 0.0958. The molecule has 2 aromatic carbocycles. The third-order valence-electron chi connectivity index (χ3n) is 5.01. The quantitative estimate of drug-likeness (QED) is 0.531. The van der Waals surface area contributed by atoms with E-state index in [1.807, 2.05) is 18.2 Å². The molecule has 162 valence electrons. The maximum absolute atomic E-state index is 12.5. The zero-order valence-corrected chi connectivity index (χ0v) is 17.3. The van der Waals surface area contributed by atoms with Crippen LogP contribution in [0.5, 0.6) is 11.5 Å². The summed E-state index contributed by atoms with van der Waals surface area (Å²) in [5.74, 6) is 0.385. The van der Waals surface area contributed by atoms with Crippen LogP contribution in [0, 0.1) is 0 Å². The summed E-state index contributed by atoms with van der Waals surface area (Å²) in [5, 5.41) is 15.9. The predicted octanol–water partition coefficient (Wildman–Crippen LogP) is 2.15. The lowest BCUT2D eigenvalue weighted by atomic mass is 10.2. The summed E-state index contributed by atoms with van der Waals surface area (Å²) >= 11 is 0. The molecule has 0 aliphatic carbocycles. The molecule has 0 atom stereocenters. The molecule has 0 spiro atoms. The van der Waals surface area contributed by atoms with Crippen molar-refractivity contribution in [2.45, 2.75) is 0 Å². The first kappa shape index (κ1) is 20.8. The number of ether oxygens (including phenoxy) is 2. The summed E-state index contributed by atoms with van der Waals surface area (Å²) in [5.41, 5.74) is 2.97. The molecule has 1 aliphatic rings. The van der Waals surface area contributed by atoms with Crippen LogP contribution in [0.15, 0.2) is 42.6 Å². The number of rotatable bonds is 7. The van der Waals surface area contributed by atoms with Gasteiger partial charge in [0.25, 0.3) is 5.91 Å². The van der Waals surface area contributed by atoms with E-state index in [2.05, 4.69) is 25.5 Å². The van der Waals surface area contributed by atoms with Gasteiger partial charge >= 0.3 is 0 Å². The van der Waals surface area contributed by atoms with E-state index >= 15 is 0 Å². The highest BCUT2D eigenvalue weighted by Crippen LogP contribution is 2.28. The molecule has 0 bridgehead atoms. The molecular weight excluding hydrogens is 398 g/mol. The second-order valence-electron chi connectivity index (χ2n) is 7.21. The number of aromatic hydroxyl groups is 1. The average Bonchev–Trinajstić information content (AvgIpc) is 2.78. The van der Waals surface area contributed by atoms with Crippen molar-refractivity contribution in [2.24, 2.45) is 0 Å². The normalized spacial score (nSPS) is 14.4. The van der Waals surface area contributed by atoms with E-state index in [9.17, 15) is 9.90 Å². The average molecular weight is 423 g/mol. The fraction of sp³-hybridized carbons (Fsp3) is 0.318. The first-order valence-corrected chi connectivity index (χ1v) is 10.1. The Kier molecular flexibility index (Phi) is 6.44. The molecule has 3 N–H and O–H groups in total. The van der Waals surface area contributed by atoms with Gasteiger partial charge in [-0.15, -0.1) is 0 Å². The van der Waals surface area contributed by atoms with Gasteiger partial charge in [0.15, 0.2) is 0 Å². The fourth-order valence-electron chi connectivity index (χ4n) is 3.38. The number of fused-ring (bicyclic) bond motifs is 1. The van der Waals surface area contributed by atoms with Gasteiger partial charge in [-0.25, -0.2) is 4.98 Å². The Morgan fingerprint density at radius 1 is 1.16 bits per heavy atom. The van der Waals surface area contributed by atoms with Gasteiger partial charge in [0, 0.05) is 55.8 Å². The molecule has 1 saturated heterocycles. The van der Waals surface area contributed by atoms with E-state index in [1.165, 1.54) is 19.4 Å². The van der Waals surface area contributed by atoms with E-state index in [0.29, 0.717) is 29.0 Å². The first-order valence-electron chi connectivity index (χ1n) is 10.1. The minimum atomic E-state index is -0.251. The van der Waals surface area contributed by atoms with Crippen molar-refractivity contribution in [1.82, 2.24) is 20.2 Å². The number of amides is 1. The van der Waals surface area contributed by atoms with Crippen LogP contribution in [-0.2, 0) is 4.74 Å². The standard InChI is InChI=1S/C22H25N5O4/c1-30-18-11-16(10-17(28)13-18)25-15-2-3-19-20(12-15)26-21(14-24-19)22(29)23-4-5-27-6-8-31-9-7-27/h2-3,10-14,25,28H,4-9H2,1H3,(H,23,29). The summed E-state index contributed by atoms with van der Waals surface area (Å²) in [6, 6.07) is 10.4. The van der Waals surface area contributed by atoms with E-state index < -0.39 is 0 Å². The molecule has 31 heavy (non-hydrogen) atoms. The van der Waals surface area contributed by atoms with Crippen LogP contribution in [-0.4, -0.2) is 72.4 Å². The largest absolute Gasteiger partial charge is 0.508 e. The fourth-order valence-corrected chi connectivity index (χ4v) is 3.38. The number of methoxy groups -OCH3 is 1. The number of hydrogen-bond acceptors (Lipinski definition) is 8. The number of anilines is 2. The minimum Gasteiger partial charge on any atom is -0.508 e. The van der Waals surface area contributed by atoms with Crippen molar-refractivity contribution in [1.29, 1.82) is 0 Å². The van der Waals surface area contributed by atoms with Gasteiger partial charge in [-0.2, -0.15) is 0 Å². The van der Waals surface area contributed by atoms with Crippen LogP contribution < -0.4 is 15.4 Å². The number of hydrogen-bond donors (Lipinski definition) is 3. The smallest absolute Gasteiger partial charge is 0.271 e. The zero-order valence-electron chi connectivity index (χ0n) is 17.3. The van der Waals surface area contributed by atoms with E-state index in [-0.39, 0.29) is 17.4 Å². The Labute approximate surface area is 180 Å². The molecule has 3 aromatic rings. The number of carbonyl (C=O) groups is 1. The van der Waals surface area contributed by atoms with Gasteiger partial charge in [-0.05, 0) is 18.2 Å². The number of morpholine rings is 1. The lowest BCUT2D eigenvalue weighted by molar-refractivity contribution is 0.0383. The second-order valence-corrected chi connectivity index (χ2v) is 7.21. The summed E-state index contributed by atoms with van der Waals surface area (Å²) in [7, 11) is 1.54. The van der Waals surface area contributed by atoms with Gasteiger partial charge in [0.1, 0.15) is 17.2 Å². The highest BCUT2D eigenvalue weighted by Gasteiger charge is 2.13. The van der Waals surface area contributed by atoms with Crippen molar-refractivity contribution >= 4 is 28.3 Å². The second kappa shape index (κ2) is 9.59. The van der Waals surface area contributed by atoms with Gasteiger partial charge in [-0.1, -0.05) is 0 Å². The Morgan fingerprint density at radius 2 is 2.00 bits per heavy atom. The number of nitrogens with zero attached hydrogens (tertiary/aromatic N) is 3. The number of carbonyl (C=O) groups excluding carboxylic acids is 1. The lowest BCUT2D eigenvalue weighted by Crippen LogP contribution is -2.41. The maximum Gasteiger partial charge on any atom is 0.271 e. The molecule has 2 heterocycles. The molecule has 9 heteroatoms. The van der Waals surface area contributed by atoms with Crippen molar-refractivity contribution in [2.75, 3.05) is 51.8 Å². The van der Waals surface area contributed by atoms with Gasteiger partial charge in [0.2, 0.25) is 0 Å². The van der Waals surface area contributed by atoms with Crippen LogP contribution in [0.4, 0.5) is 11.4 Å². The lowest BCUT2D eigenvalue weighted by Gasteiger charge is -2.26. The summed E-state index contributed by atoms with van der Waals surface area (Å²) in [4.78, 5) is 23.6. The monoisotopic (exact) mass is 423 g/mol. The predicted molar refractivity (Wildman–Crippen MR) is 117 cm³/mol. The molecule has 1 fully saturated rings. The Bertz CT molecular complexity index is 1070. The van der Waals surface area contributed by atoms with Crippen LogP contribution in [0.2, 0.25) is 0 Å². The number of aromatic nitrogens is 2. The molecule has 1 aromatic heterocycles. The molecular formula is C22H25N5O4. The van der Waals surface area contributed by atoms with E-state index in [0.717, 1.165) is 38.5 Å². The van der Waals surface area contributed by atoms with Crippen LogP contribution in [0.1, 0.15) is 10.5 Å². The SMILES string of the molecule is COc1cc(O)cc(Nc2ccc3ncc(C(=O)NCCN4CCOCC4)nc3c2)c1. The molecule has 0 unspecified atom stereocenters. The Balaban J connectivity index is 1.44. The van der Waals surface area contributed by atoms with Crippen LogP contribution >= 0.6 is 0 Å². The van der Waals surface area contributed by atoms with Gasteiger partial charge in [-0.3, -0.25) is 14.7 Å². The van der Waals surface area contributed by atoms with E-state index in [1.54, 1.807) is 12.1 Å². The summed E-state index contributed by atoms with van der Waals surface area (Å²) in [6.45, 7) is 4.54. The van der Waals surface area contributed by atoms with Crippen molar-refractivity contribution in [3.8, 4) is 11.5 Å². The molecule has 0 radical (unpaired) electrons. The number of benzene rings is 2. The topological polar surface area (TPSA) is 109 Å². The number of phenolic OH excluding ortho intramolecular Hbond substituents is 1. The third kappa shape index (κ3) is 5.39. The highest BCUT2D eigenvalue weighted by molar-refractivity contribution is 5.94. The van der Waals surface area contributed by atoms with Crippen LogP contribution in [0.25, 0.3) is 11.0 Å². The Morgan fingerprint density at radius 3 is 2.81 bits per heavy atom. The van der Waals surface area contributed by atoms with Crippen molar-refractivity contribution < 1.29 is 19.4 Å². The first-order chi connectivity index (χ1) is 15.1. The Hall–Kier alpha value is -3.43. The molecule has 1 aliphatic heterocycles. The van der Waals surface area contributed by atoms with E-state index in [4.69, 9.17) is 9.47 Å². The third-order valence-corrected chi connectivity index (χ3v) is 5.01. The van der Waals surface area contributed by atoms with Gasteiger partial charge in [0.05, 0.1) is 37.6 Å². The molecule has 0 saturated carbocycles. The maximum atomic E-state index is 12.5. The van der Waals surface area contributed by atoms with Crippen molar-refractivity contribution in [3.63, 3.8) is 0 Å². The summed E-state index contributed by atoms with van der Waals surface area (Å²) in [6.07, 6.45) is 1.49. The number of phenols is 1. The summed E-state index contributed by atoms with van der Waals surface area (Å²) < 4.78 is 10.5. The molecule has 9 nitrogen and oxygen atoms in total. The van der Waals surface area contributed by atoms with Crippen LogP contribution in [0.3, 0.4) is 0 Å². The number of nitrogens with one attached hydrogen (secondary N) is 2. The molecule has 4 rings (SSSR count). The molecule has 1 amide bonds. The van der Waals surface area contributed by atoms with Gasteiger partial charge < -0.3 is 25.2 Å².